The minimum atomic E-state index is 0.939. The van der Waals surface area contributed by atoms with E-state index >= 15 is 0 Å². The van der Waals surface area contributed by atoms with Crippen LogP contribution in [-0.4, -0.2) is 7.11 Å². The molecule has 0 aromatic heterocycles. The van der Waals surface area contributed by atoms with Crippen LogP contribution in [0.5, 0.6) is 5.75 Å². The molecule has 0 unspecified atom stereocenters. The van der Waals surface area contributed by atoms with Crippen LogP contribution < -0.4 is 4.74 Å². The van der Waals surface area contributed by atoms with Crippen molar-refractivity contribution in [1.29, 1.82) is 0 Å². The molecular formula is C15H16O. The highest BCUT2D eigenvalue weighted by atomic mass is 16.5. The van der Waals surface area contributed by atoms with Gasteiger partial charge in [-0.3, -0.25) is 0 Å². The molecule has 0 saturated heterocycles. The third-order valence-electron chi connectivity index (χ3n) is 2.98. The van der Waals surface area contributed by atoms with Gasteiger partial charge in [-0.25, -0.2) is 0 Å². The molecule has 0 radical (unpaired) electrons. The Bertz CT molecular complexity index is 486. The van der Waals surface area contributed by atoms with Crippen molar-refractivity contribution < 1.29 is 4.74 Å². The van der Waals surface area contributed by atoms with Crippen molar-refractivity contribution in [2.45, 2.75) is 13.8 Å². The number of aryl methyl sites for hydroxylation is 1. The highest BCUT2D eigenvalue weighted by Gasteiger charge is 2.09. The number of hydrogen-bond donors (Lipinski definition) is 0. The van der Waals surface area contributed by atoms with Crippen LogP contribution in [0.2, 0.25) is 0 Å². The highest BCUT2D eigenvalue weighted by Crippen LogP contribution is 2.34. The molecule has 2 rings (SSSR count). The van der Waals surface area contributed by atoms with Crippen LogP contribution in [0.4, 0.5) is 0 Å². The van der Waals surface area contributed by atoms with E-state index in [2.05, 4.69) is 44.2 Å². The molecule has 0 atom stereocenters. The number of methoxy groups -OCH3 is 1. The van der Waals surface area contributed by atoms with Gasteiger partial charge in [0, 0.05) is 5.56 Å². The molecule has 2 aromatic carbocycles. The Labute approximate surface area is 96.7 Å². The molecule has 0 N–H and O–H groups in total. The van der Waals surface area contributed by atoms with Gasteiger partial charge in [-0.2, -0.15) is 0 Å². The maximum absolute atomic E-state index is 5.44. The summed E-state index contributed by atoms with van der Waals surface area (Å²) in [5.41, 5.74) is 4.98. The zero-order valence-electron chi connectivity index (χ0n) is 9.95. The lowest BCUT2D eigenvalue weighted by Crippen LogP contribution is -1.93. The molecule has 0 saturated carbocycles. The van der Waals surface area contributed by atoms with Crippen LogP contribution in [0.3, 0.4) is 0 Å². The number of ether oxygens (including phenoxy) is 1. The van der Waals surface area contributed by atoms with Gasteiger partial charge in [0.05, 0.1) is 7.11 Å². The third-order valence-corrected chi connectivity index (χ3v) is 2.98. The maximum atomic E-state index is 5.44. The van der Waals surface area contributed by atoms with E-state index in [4.69, 9.17) is 4.74 Å². The lowest BCUT2D eigenvalue weighted by molar-refractivity contribution is 0.416. The minimum Gasteiger partial charge on any atom is -0.496 e. The summed E-state index contributed by atoms with van der Waals surface area (Å²) < 4.78 is 5.44. The van der Waals surface area contributed by atoms with Gasteiger partial charge in [0.25, 0.3) is 0 Å². The summed E-state index contributed by atoms with van der Waals surface area (Å²) in [4.78, 5) is 0. The monoisotopic (exact) mass is 212 g/mol. The average molecular weight is 212 g/mol. The van der Waals surface area contributed by atoms with Crippen molar-refractivity contribution in [3.8, 4) is 16.9 Å². The van der Waals surface area contributed by atoms with Crippen LogP contribution in [-0.2, 0) is 0 Å². The summed E-state index contributed by atoms with van der Waals surface area (Å²) in [5, 5.41) is 0. The molecular weight excluding hydrogens is 196 g/mol. The summed E-state index contributed by atoms with van der Waals surface area (Å²) in [7, 11) is 1.72. The topological polar surface area (TPSA) is 9.23 Å². The Morgan fingerprint density at radius 3 is 2.19 bits per heavy atom. The molecule has 0 aliphatic heterocycles. The number of rotatable bonds is 2. The van der Waals surface area contributed by atoms with Crippen LogP contribution >= 0.6 is 0 Å². The Morgan fingerprint density at radius 2 is 1.56 bits per heavy atom. The van der Waals surface area contributed by atoms with Crippen LogP contribution in [0.25, 0.3) is 11.1 Å². The van der Waals surface area contributed by atoms with Crippen LogP contribution in [0, 0.1) is 13.8 Å². The number of benzene rings is 2. The first-order valence-corrected chi connectivity index (χ1v) is 5.43. The van der Waals surface area contributed by atoms with E-state index in [1.165, 1.54) is 22.3 Å². The van der Waals surface area contributed by atoms with E-state index < -0.39 is 0 Å². The van der Waals surface area contributed by atoms with Crippen molar-refractivity contribution >= 4 is 0 Å². The van der Waals surface area contributed by atoms with Crippen molar-refractivity contribution in [2.24, 2.45) is 0 Å². The van der Waals surface area contributed by atoms with Gasteiger partial charge in [0.15, 0.2) is 0 Å². The van der Waals surface area contributed by atoms with E-state index in [9.17, 15) is 0 Å². The standard InChI is InChI=1S/C15H16O/c1-11-9-10-14(16-3)15(12(11)2)13-7-5-4-6-8-13/h4-10H,1-3H3. The Kier molecular flexibility index (Phi) is 2.95. The van der Waals surface area contributed by atoms with Gasteiger partial charge in [-0.15, -0.1) is 0 Å². The molecule has 0 spiro atoms. The van der Waals surface area contributed by atoms with E-state index in [1.807, 2.05) is 12.1 Å². The molecule has 1 nitrogen and oxygen atoms in total. The first-order valence-electron chi connectivity index (χ1n) is 5.43. The van der Waals surface area contributed by atoms with Crippen molar-refractivity contribution in [2.75, 3.05) is 7.11 Å². The fourth-order valence-corrected chi connectivity index (χ4v) is 1.92. The molecule has 0 aliphatic rings. The normalized spacial score (nSPS) is 10.2. The summed E-state index contributed by atoms with van der Waals surface area (Å²) in [6.45, 7) is 4.27. The lowest BCUT2D eigenvalue weighted by Gasteiger charge is -2.13. The van der Waals surface area contributed by atoms with Crippen molar-refractivity contribution in [3.05, 3.63) is 53.6 Å². The smallest absolute Gasteiger partial charge is 0.126 e. The number of hydrogen-bond acceptors (Lipinski definition) is 1. The van der Waals surface area contributed by atoms with Gasteiger partial charge in [-0.1, -0.05) is 36.4 Å². The summed E-state index contributed by atoms with van der Waals surface area (Å²) in [5.74, 6) is 0.939. The van der Waals surface area contributed by atoms with Crippen molar-refractivity contribution in [1.82, 2.24) is 0 Å². The largest absolute Gasteiger partial charge is 0.496 e. The van der Waals surface area contributed by atoms with E-state index in [-0.39, 0.29) is 0 Å². The lowest BCUT2D eigenvalue weighted by atomic mass is 9.96. The molecule has 2 aromatic rings. The van der Waals surface area contributed by atoms with Gasteiger partial charge < -0.3 is 4.74 Å². The molecule has 16 heavy (non-hydrogen) atoms. The van der Waals surface area contributed by atoms with E-state index in [1.54, 1.807) is 7.11 Å². The van der Waals surface area contributed by atoms with E-state index in [0.717, 1.165) is 5.75 Å². The summed E-state index contributed by atoms with van der Waals surface area (Å²) >= 11 is 0. The quantitative estimate of drug-likeness (QED) is 0.731. The fourth-order valence-electron chi connectivity index (χ4n) is 1.92. The minimum absolute atomic E-state index is 0.939. The second-order valence-corrected chi connectivity index (χ2v) is 3.95. The second kappa shape index (κ2) is 4.40. The van der Waals surface area contributed by atoms with Gasteiger partial charge in [0.1, 0.15) is 5.75 Å². The fraction of sp³-hybridized carbons (Fsp3) is 0.200. The molecule has 0 aliphatic carbocycles. The molecule has 1 heteroatoms. The highest BCUT2D eigenvalue weighted by molar-refractivity contribution is 5.74. The summed E-state index contributed by atoms with van der Waals surface area (Å²) in [6.07, 6.45) is 0. The Morgan fingerprint density at radius 1 is 0.875 bits per heavy atom. The molecule has 0 heterocycles. The second-order valence-electron chi connectivity index (χ2n) is 3.95. The zero-order chi connectivity index (χ0) is 11.5. The third kappa shape index (κ3) is 1.81. The Hall–Kier alpha value is -1.76. The first kappa shape index (κ1) is 10.7. The van der Waals surface area contributed by atoms with Gasteiger partial charge in [0.2, 0.25) is 0 Å². The zero-order valence-corrected chi connectivity index (χ0v) is 9.95. The van der Waals surface area contributed by atoms with Gasteiger partial charge in [-0.05, 0) is 36.6 Å². The predicted molar refractivity (Wildman–Crippen MR) is 67.9 cm³/mol. The first-order chi connectivity index (χ1) is 7.74. The van der Waals surface area contributed by atoms with Crippen molar-refractivity contribution in [3.63, 3.8) is 0 Å². The van der Waals surface area contributed by atoms with E-state index in [0.29, 0.717) is 0 Å². The van der Waals surface area contributed by atoms with Crippen LogP contribution in [0.15, 0.2) is 42.5 Å². The molecule has 0 bridgehead atoms. The molecule has 82 valence electrons. The average Bonchev–Trinajstić information content (AvgIpc) is 2.33. The predicted octanol–water partition coefficient (Wildman–Crippen LogP) is 3.98. The van der Waals surface area contributed by atoms with Crippen LogP contribution in [0.1, 0.15) is 11.1 Å². The maximum Gasteiger partial charge on any atom is 0.126 e. The Balaban J connectivity index is 2.67. The van der Waals surface area contributed by atoms with Gasteiger partial charge >= 0.3 is 0 Å². The molecule has 0 fully saturated rings. The molecule has 0 amide bonds. The summed E-state index contributed by atoms with van der Waals surface area (Å²) in [6, 6.07) is 14.5. The SMILES string of the molecule is COc1ccc(C)c(C)c1-c1ccccc1.